The molecule has 1 fully saturated rings. The van der Waals surface area contributed by atoms with E-state index in [4.69, 9.17) is 14.2 Å². The van der Waals surface area contributed by atoms with Gasteiger partial charge in [0, 0.05) is 54.5 Å². The van der Waals surface area contributed by atoms with Crippen LogP contribution in [0.25, 0.3) is 17.0 Å². The summed E-state index contributed by atoms with van der Waals surface area (Å²) < 4.78 is 18.2. The molecular weight excluding hydrogens is 534 g/mol. The van der Waals surface area contributed by atoms with Gasteiger partial charge in [0.2, 0.25) is 5.91 Å². The molecule has 1 amide bonds. The third kappa shape index (κ3) is 8.30. The van der Waals surface area contributed by atoms with E-state index in [2.05, 4.69) is 4.90 Å². The first-order valence-electron chi connectivity index (χ1n) is 14.4. The Labute approximate surface area is 247 Å². The van der Waals surface area contributed by atoms with E-state index < -0.39 is 11.7 Å². The van der Waals surface area contributed by atoms with Crippen molar-refractivity contribution in [3.63, 3.8) is 0 Å². The molecule has 1 aromatic heterocycles. The highest BCUT2D eigenvalue weighted by Crippen LogP contribution is 2.24. The number of nitrogens with zero attached hydrogens (tertiary/aromatic N) is 3. The zero-order valence-electron chi connectivity index (χ0n) is 25.2. The van der Waals surface area contributed by atoms with Crippen molar-refractivity contribution in [2.45, 2.75) is 46.3 Å². The predicted octanol–water partition coefficient (Wildman–Crippen LogP) is 5.27. The van der Waals surface area contributed by atoms with Gasteiger partial charge in [-0.05, 0) is 71.0 Å². The number of aromatic nitrogens is 1. The van der Waals surface area contributed by atoms with Gasteiger partial charge in [0.05, 0.1) is 25.3 Å². The highest BCUT2D eigenvalue weighted by Gasteiger charge is 2.22. The van der Waals surface area contributed by atoms with Gasteiger partial charge in [0.1, 0.15) is 18.0 Å². The minimum absolute atomic E-state index is 0.0578. The van der Waals surface area contributed by atoms with E-state index >= 15 is 0 Å². The Morgan fingerprint density at radius 1 is 1.02 bits per heavy atom. The van der Waals surface area contributed by atoms with Gasteiger partial charge in [0.15, 0.2) is 5.78 Å². The van der Waals surface area contributed by atoms with Crippen molar-refractivity contribution < 1.29 is 28.6 Å². The molecule has 0 aliphatic carbocycles. The summed E-state index contributed by atoms with van der Waals surface area (Å²) in [5.74, 6) is 0.243. The lowest BCUT2D eigenvalue weighted by Crippen LogP contribution is -2.39. The Balaban J connectivity index is 1.39. The van der Waals surface area contributed by atoms with Crippen molar-refractivity contribution in [1.82, 2.24) is 14.4 Å². The van der Waals surface area contributed by atoms with E-state index in [0.29, 0.717) is 29.0 Å². The summed E-state index contributed by atoms with van der Waals surface area (Å²) in [7, 11) is 0. The summed E-state index contributed by atoms with van der Waals surface area (Å²) in [5, 5.41) is 0.812. The van der Waals surface area contributed by atoms with E-state index in [1.54, 1.807) is 36.5 Å². The van der Waals surface area contributed by atoms with Crippen LogP contribution in [0.3, 0.4) is 0 Å². The van der Waals surface area contributed by atoms with Crippen LogP contribution in [0.5, 0.6) is 5.75 Å². The number of ketones is 1. The number of fused-ring (bicyclic) bond motifs is 1. The number of carbonyl (C=O) groups is 3. The molecular formula is C33H41N3O6. The Hall–Kier alpha value is -3.95. The summed E-state index contributed by atoms with van der Waals surface area (Å²) in [6, 6.07) is 14.3. The highest BCUT2D eigenvalue weighted by atomic mass is 16.6. The number of rotatable bonds is 10. The summed E-state index contributed by atoms with van der Waals surface area (Å²) in [6.45, 7) is 13.8. The average molecular weight is 576 g/mol. The summed E-state index contributed by atoms with van der Waals surface area (Å²) >= 11 is 0. The van der Waals surface area contributed by atoms with Gasteiger partial charge < -0.3 is 19.1 Å². The van der Waals surface area contributed by atoms with Crippen LogP contribution in [0.2, 0.25) is 0 Å². The second kappa shape index (κ2) is 13.8. The molecule has 0 N–H and O–H groups in total. The van der Waals surface area contributed by atoms with Crippen molar-refractivity contribution >= 4 is 34.8 Å². The van der Waals surface area contributed by atoms with E-state index in [-0.39, 0.29) is 24.3 Å². The topological polar surface area (TPSA) is 90.3 Å². The summed E-state index contributed by atoms with van der Waals surface area (Å²) in [6.07, 6.45) is 4.29. The molecule has 2 heterocycles. The molecule has 0 radical (unpaired) electrons. The predicted molar refractivity (Wildman–Crippen MR) is 163 cm³/mol. The van der Waals surface area contributed by atoms with Crippen LogP contribution in [-0.2, 0) is 14.3 Å². The van der Waals surface area contributed by atoms with Gasteiger partial charge in [0.25, 0.3) is 0 Å². The van der Waals surface area contributed by atoms with Gasteiger partial charge in [-0.1, -0.05) is 18.2 Å². The molecule has 1 saturated heterocycles. The van der Waals surface area contributed by atoms with Gasteiger partial charge >= 0.3 is 6.09 Å². The summed E-state index contributed by atoms with van der Waals surface area (Å²) in [5.41, 5.74) is 1.25. The second-order valence-corrected chi connectivity index (χ2v) is 11.6. The number of morpholine rings is 1. The van der Waals surface area contributed by atoms with Crippen molar-refractivity contribution in [2.24, 2.45) is 0 Å². The van der Waals surface area contributed by atoms with Crippen LogP contribution in [0, 0.1) is 0 Å². The first-order chi connectivity index (χ1) is 20.0. The number of hydrogen-bond donors (Lipinski definition) is 0. The zero-order valence-corrected chi connectivity index (χ0v) is 25.2. The molecule has 224 valence electrons. The first-order valence-corrected chi connectivity index (χ1v) is 14.4. The number of ether oxygens (including phenoxy) is 3. The average Bonchev–Trinajstić information content (AvgIpc) is 3.33. The standard InChI is InChI=1S/C33H41N3O6/c1-24(2)35(23-30(37)25-10-13-27(14-11-25)41-21-18-34-16-19-40-20-17-34)31(38)15-12-26-22-36(32(39)42-33(3,4)5)29-9-7-6-8-28(26)29/h6-15,22,24H,16-21,23H2,1-5H3/b15-12+. The minimum Gasteiger partial charge on any atom is -0.492 e. The third-order valence-corrected chi connectivity index (χ3v) is 6.92. The second-order valence-electron chi connectivity index (χ2n) is 11.6. The van der Waals surface area contributed by atoms with Crippen molar-refractivity contribution in [3.05, 3.63) is 71.9 Å². The Kier molecular flexibility index (Phi) is 10.2. The Bertz CT molecular complexity index is 1410. The zero-order chi connectivity index (χ0) is 30.3. The largest absolute Gasteiger partial charge is 0.492 e. The molecule has 0 saturated carbocycles. The molecule has 3 aromatic rings. The van der Waals surface area contributed by atoms with Crippen molar-refractivity contribution in [2.75, 3.05) is 46.0 Å². The fourth-order valence-electron chi connectivity index (χ4n) is 4.67. The summed E-state index contributed by atoms with van der Waals surface area (Å²) in [4.78, 5) is 43.0. The fraction of sp³-hybridized carbons (Fsp3) is 0.424. The molecule has 1 aliphatic rings. The van der Waals surface area contributed by atoms with Crippen LogP contribution >= 0.6 is 0 Å². The fourth-order valence-corrected chi connectivity index (χ4v) is 4.67. The number of Topliss-reactive ketones (excluding diaryl/α,β-unsaturated/α-hetero) is 1. The van der Waals surface area contributed by atoms with Crippen LogP contribution in [0.4, 0.5) is 4.79 Å². The van der Waals surface area contributed by atoms with Crippen molar-refractivity contribution in [3.8, 4) is 5.75 Å². The lowest BCUT2D eigenvalue weighted by Gasteiger charge is -2.26. The monoisotopic (exact) mass is 575 g/mol. The molecule has 0 unspecified atom stereocenters. The van der Waals surface area contributed by atoms with Crippen LogP contribution in [0.1, 0.15) is 50.5 Å². The molecule has 9 nitrogen and oxygen atoms in total. The van der Waals surface area contributed by atoms with E-state index in [1.807, 2.05) is 58.9 Å². The molecule has 9 heteroatoms. The lowest BCUT2D eigenvalue weighted by atomic mass is 10.1. The quantitative estimate of drug-likeness (QED) is 0.240. The molecule has 0 spiro atoms. The maximum atomic E-state index is 13.2. The van der Waals surface area contributed by atoms with Gasteiger partial charge in [-0.2, -0.15) is 0 Å². The molecule has 1 aliphatic heterocycles. The number of amides is 1. The Morgan fingerprint density at radius 3 is 2.38 bits per heavy atom. The third-order valence-electron chi connectivity index (χ3n) is 6.92. The number of carbonyl (C=O) groups excluding carboxylic acids is 3. The highest BCUT2D eigenvalue weighted by molar-refractivity contribution is 6.03. The van der Waals surface area contributed by atoms with Gasteiger partial charge in [-0.3, -0.25) is 19.1 Å². The number of para-hydroxylation sites is 1. The number of benzene rings is 2. The van der Waals surface area contributed by atoms with Gasteiger partial charge in [-0.25, -0.2) is 4.79 Å². The maximum absolute atomic E-state index is 13.2. The molecule has 42 heavy (non-hydrogen) atoms. The normalized spacial score (nSPS) is 14.4. The first kappa shape index (κ1) is 31.0. The maximum Gasteiger partial charge on any atom is 0.419 e. The SMILES string of the molecule is CC(C)N(CC(=O)c1ccc(OCCN2CCOCC2)cc1)C(=O)/C=C/c1cn(C(=O)OC(C)(C)C)c2ccccc12. The minimum atomic E-state index is -0.644. The van der Waals surface area contributed by atoms with E-state index in [1.165, 1.54) is 15.5 Å². The molecule has 4 rings (SSSR count). The van der Waals surface area contributed by atoms with Crippen LogP contribution < -0.4 is 4.74 Å². The molecule has 2 aromatic carbocycles. The van der Waals surface area contributed by atoms with Crippen LogP contribution in [0.15, 0.2) is 60.8 Å². The number of hydrogen-bond acceptors (Lipinski definition) is 7. The van der Waals surface area contributed by atoms with Gasteiger partial charge in [-0.15, -0.1) is 0 Å². The smallest absolute Gasteiger partial charge is 0.419 e. The van der Waals surface area contributed by atoms with Crippen molar-refractivity contribution in [1.29, 1.82) is 0 Å². The molecule has 0 bridgehead atoms. The van der Waals surface area contributed by atoms with Crippen LogP contribution in [-0.4, -0.2) is 89.8 Å². The molecule has 0 atom stereocenters. The van der Waals surface area contributed by atoms with E-state index in [0.717, 1.165) is 38.2 Å². The Morgan fingerprint density at radius 2 is 1.71 bits per heavy atom. The van der Waals surface area contributed by atoms with E-state index in [9.17, 15) is 14.4 Å². The lowest BCUT2D eigenvalue weighted by molar-refractivity contribution is -0.127.